The van der Waals surface area contributed by atoms with E-state index in [1.807, 2.05) is 38.1 Å². The zero-order valence-electron chi connectivity index (χ0n) is 15.6. The third-order valence-electron chi connectivity index (χ3n) is 4.84. The topological polar surface area (TPSA) is 58.6 Å². The molecule has 1 aromatic rings. The van der Waals surface area contributed by atoms with Crippen molar-refractivity contribution in [3.8, 4) is 5.75 Å². The molecule has 1 fully saturated rings. The molecule has 25 heavy (non-hydrogen) atoms. The summed E-state index contributed by atoms with van der Waals surface area (Å²) in [6, 6.07) is 7.42. The molecule has 5 nitrogen and oxygen atoms in total. The normalized spacial score (nSPS) is 15.6. The van der Waals surface area contributed by atoms with Crippen molar-refractivity contribution in [3.63, 3.8) is 0 Å². The van der Waals surface area contributed by atoms with E-state index in [4.69, 9.17) is 4.74 Å². The summed E-state index contributed by atoms with van der Waals surface area (Å²) in [7, 11) is 1.63. The minimum absolute atomic E-state index is 0.0207. The van der Waals surface area contributed by atoms with Gasteiger partial charge in [0.1, 0.15) is 11.8 Å². The molecule has 5 heteroatoms. The predicted octanol–water partition coefficient (Wildman–Crippen LogP) is 3.27. The molecule has 0 heterocycles. The number of ether oxygens (including phenoxy) is 1. The van der Waals surface area contributed by atoms with Crippen molar-refractivity contribution in [2.45, 2.75) is 71.0 Å². The maximum atomic E-state index is 12.6. The van der Waals surface area contributed by atoms with Crippen LogP contribution in [0.4, 0.5) is 0 Å². The highest BCUT2D eigenvalue weighted by Gasteiger charge is 2.27. The van der Waals surface area contributed by atoms with Crippen molar-refractivity contribution in [1.29, 1.82) is 0 Å². The molecule has 0 aliphatic heterocycles. The molecular weight excluding hydrogens is 316 g/mol. The van der Waals surface area contributed by atoms with Crippen LogP contribution in [0, 0.1) is 0 Å². The summed E-state index contributed by atoms with van der Waals surface area (Å²) in [5.74, 6) is 0.750. The highest BCUT2D eigenvalue weighted by molar-refractivity contribution is 5.87. The SMILES string of the molecule is CCCC(=O)N(Cc1ccc(OC)cc1)[C@H](C)C(=O)NC1CCCC1. The Morgan fingerprint density at radius 1 is 1.24 bits per heavy atom. The lowest BCUT2D eigenvalue weighted by atomic mass is 10.1. The van der Waals surface area contributed by atoms with E-state index in [9.17, 15) is 9.59 Å². The first-order valence-electron chi connectivity index (χ1n) is 9.28. The highest BCUT2D eigenvalue weighted by atomic mass is 16.5. The zero-order valence-corrected chi connectivity index (χ0v) is 15.6. The van der Waals surface area contributed by atoms with Crippen molar-refractivity contribution < 1.29 is 14.3 Å². The Kier molecular flexibility index (Phi) is 7.29. The van der Waals surface area contributed by atoms with Gasteiger partial charge in [0.05, 0.1) is 7.11 Å². The summed E-state index contributed by atoms with van der Waals surface area (Å²) in [4.78, 5) is 26.9. The molecule has 1 N–H and O–H groups in total. The summed E-state index contributed by atoms with van der Waals surface area (Å²) in [5.41, 5.74) is 0.991. The van der Waals surface area contributed by atoms with E-state index in [-0.39, 0.29) is 17.9 Å². The van der Waals surface area contributed by atoms with Crippen LogP contribution in [0.2, 0.25) is 0 Å². The molecule has 0 aromatic heterocycles. The van der Waals surface area contributed by atoms with Gasteiger partial charge in [0, 0.05) is 19.0 Å². The molecule has 0 unspecified atom stereocenters. The van der Waals surface area contributed by atoms with Gasteiger partial charge < -0.3 is 15.0 Å². The Balaban J connectivity index is 2.07. The monoisotopic (exact) mass is 346 g/mol. The average Bonchev–Trinajstić information content (AvgIpc) is 3.12. The second kappa shape index (κ2) is 9.44. The van der Waals surface area contributed by atoms with Crippen LogP contribution in [0.3, 0.4) is 0 Å². The summed E-state index contributed by atoms with van der Waals surface area (Å²) in [6.45, 7) is 4.23. The molecule has 138 valence electrons. The summed E-state index contributed by atoms with van der Waals surface area (Å²) >= 11 is 0. The van der Waals surface area contributed by atoms with E-state index < -0.39 is 6.04 Å². The third-order valence-corrected chi connectivity index (χ3v) is 4.84. The van der Waals surface area contributed by atoms with Crippen LogP contribution in [-0.4, -0.2) is 35.9 Å². The van der Waals surface area contributed by atoms with Crippen LogP contribution < -0.4 is 10.1 Å². The van der Waals surface area contributed by atoms with E-state index in [0.717, 1.165) is 30.6 Å². The fourth-order valence-corrected chi connectivity index (χ4v) is 3.26. The number of rotatable bonds is 8. The molecule has 1 saturated carbocycles. The molecule has 1 aliphatic rings. The second-order valence-electron chi connectivity index (χ2n) is 6.79. The molecule has 0 spiro atoms. The highest BCUT2D eigenvalue weighted by Crippen LogP contribution is 2.19. The number of hydrogen-bond acceptors (Lipinski definition) is 3. The molecule has 1 aromatic carbocycles. The van der Waals surface area contributed by atoms with Gasteiger partial charge in [0.15, 0.2) is 0 Å². The number of nitrogens with zero attached hydrogens (tertiary/aromatic N) is 1. The predicted molar refractivity (Wildman–Crippen MR) is 98.3 cm³/mol. The molecule has 2 amide bonds. The van der Waals surface area contributed by atoms with Crippen LogP contribution in [0.5, 0.6) is 5.75 Å². The quantitative estimate of drug-likeness (QED) is 0.786. The Hall–Kier alpha value is -2.04. The Bertz CT molecular complexity index is 565. The van der Waals surface area contributed by atoms with Crippen molar-refractivity contribution in [2.75, 3.05) is 7.11 Å². The van der Waals surface area contributed by atoms with Crippen molar-refractivity contribution in [3.05, 3.63) is 29.8 Å². The van der Waals surface area contributed by atoms with Gasteiger partial charge in [-0.15, -0.1) is 0 Å². The molecule has 0 bridgehead atoms. The van der Waals surface area contributed by atoms with E-state index in [2.05, 4.69) is 5.32 Å². The number of nitrogens with one attached hydrogen (secondary N) is 1. The Morgan fingerprint density at radius 3 is 2.44 bits per heavy atom. The Morgan fingerprint density at radius 2 is 1.88 bits per heavy atom. The molecule has 1 aliphatic carbocycles. The number of methoxy groups -OCH3 is 1. The first-order chi connectivity index (χ1) is 12.0. The van der Waals surface area contributed by atoms with Crippen LogP contribution in [-0.2, 0) is 16.1 Å². The molecule has 0 saturated heterocycles. The van der Waals surface area contributed by atoms with Gasteiger partial charge in [0.25, 0.3) is 0 Å². The first-order valence-corrected chi connectivity index (χ1v) is 9.28. The van der Waals surface area contributed by atoms with Crippen molar-refractivity contribution in [1.82, 2.24) is 10.2 Å². The van der Waals surface area contributed by atoms with Crippen LogP contribution in [0.1, 0.15) is 57.9 Å². The lowest BCUT2D eigenvalue weighted by Crippen LogP contribution is -2.49. The van der Waals surface area contributed by atoms with Crippen LogP contribution in [0.15, 0.2) is 24.3 Å². The third kappa shape index (κ3) is 5.48. The molecule has 1 atom stereocenters. The van der Waals surface area contributed by atoms with Gasteiger partial charge in [-0.1, -0.05) is 31.9 Å². The zero-order chi connectivity index (χ0) is 18.2. The number of amides is 2. The average molecular weight is 346 g/mol. The van der Waals surface area contributed by atoms with Gasteiger partial charge in [-0.2, -0.15) is 0 Å². The second-order valence-corrected chi connectivity index (χ2v) is 6.79. The van der Waals surface area contributed by atoms with Crippen molar-refractivity contribution >= 4 is 11.8 Å². The molecular formula is C20H30N2O3. The standard InChI is InChI=1S/C20H30N2O3/c1-4-7-19(23)22(14-16-10-12-18(25-3)13-11-16)15(2)20(24)21-17-8-5-6-9-17/h10-13,15,17H,4-9,14H2,1-3H3,(H,21,24)/t15-/m1/s1. The van der Waals surface area contributed by atoms with E-state index >= 15 is 0 Å². The van der Waals surface area contributed by atoms with Crippen LogP contribution in [0.25, 0.3) is 0 Å². The lowest BCUT2D eigenvalue weighted by Gasteiger charge is -2.29. The Labute approximate surface area is 150 Å². The molecule has 2 rings (SSSR count). The van der Waals surface area contributed by atoms with E-state index in [0.29, 0.717) is 13.0 Å². The maximum Gasteiger partial charge on any atom is 0.242 e. The minimum atomic E-state index is -0.471. The number of carbonyl (C=O) groups is 2. The molecule has 0 radical (unpaired) electrons. The van der Waals surface area contributed by atoms with E-state index in [1.54, 1.807) is 12.0 Å². The maximum absolute atomic E-state index is 12.6. The fourth-order valence-electron chi connectivity index (χ4n) is 3.26. The van der Waals surface area contributed by atoms with Crippen molar-refractivity contribution in [2.24, 2.45) is 0 Å². The van der Waals surface area contributed by atoms with Gasteiger partial charge in [-0.3, -0.25) is 9.59 Å². The number of carbonyl (C=O) groups excluding carboxylic acids is 2. The number of hydrogen-bond donors (Lipinski definition) is 1. The minimum Gasteiger partial charge on any atom is -0.497 e. The van der Waals surface area contributed by atoms with Gasteiger partial charge in [-0.25, -0.2) is 0 Å². The summed E-state index contributed by atoms with van der Waals surface area (Å²) in [5, 5.41) is 3.11. The number of benzene rings is 1. The van der Waals surface area contributed by atoms with E-state index in [1.165, 1.54) is 12.8 Å². The van der Waals surface area contributed by atoms with Gasteiger partial charge in [-0.05, 0) is 43.9 Å². The van der Waals surface area contributed by atoms with Gasteiger partial charge in [0.2, 0.25) is 11.8 Å². The first kappa shape index (κ1) is 19.3. The van der Waals surface area contributed by atoms with Gasteiger partial charge >= 0.3 is 0 Å². The smallest absolute Gasteiger partial charge is 0.242 e. The lowest BCUT2D eigenvalue weighted by molar-refractivity contribution is -0.140. The largest absolute Gasteiger partial charge is 0.497 e. The van der Waals surface area contributed by atoms with Crippen LogP contribution >= 0.6 is 0 Å². The fraction of sp³-hybridized carbons (Fsp3) is 0.600. The summed E-state index contributed by atoms with van der Waals surface area (Å²) in [6.07, 6.45) is 5.65. The summed E-state index contributed by atoms with van der Waals surface area (Å²) < 4.78 is 5.18.